The van der Waals surface area contributed by atoms with Gasteiger partial charge < -0.3 is 18.7 Å². The number of carbonyl (C=O) groups excluding carboxylic acids is 2. The summed E-state index contributed by atoms with van der Waals surface area (Å²) in [6, 6.07) is 9.32. The average molecular weight is 367 g/mol. The van der Waals surface area contributed by atoms with Crippen LogP contribution in [0.15, 0.2) is 39.3 Å². The molecular formula is C20H21N3O4. The van der Waals surface area contributed by atoms with Crippen LogP contribution in [0, 0.1) is 13.8 Å². The summed E-state index contributed by atoms with van der Waals surface area (Å²) in [4.78, 5) is 28.8. The molecule has 0 atom stereocenters. The summed E-state index contributed by atoms with van der Waals surface area (Å²) in [5.41, 5.74) is 2.30. The number of rotatable bonds is 3. The Labute approximate surface area is 156 Å². The number of piperazine rings is 1. The smallest absolute Gasteiger partial charge is 0.289 e. The standard InChI is InChI=1S/C20H21N3O4/c1-13-16(14(2)27-21-13)12-19(24)22-7-9-23(10-8-22)20(25)18-11-15-5-3-4-6-17(15)26-18/h3-6,11H,7-10,12H2,1-2H3. The Kier molecular flexibility index (Phi) is 4.43. The van der Waals surface area contributed by atoms with E-state index in [2.05, 4.69) is 5.16 Å². The maximum absolute atomic E-state index is 12.7. The molecule has 0 bridgehead atoms. The number of para-hydroxylation sites is 1. The highest BCUT2D eigenvalue weighted by Gasteiger charge is 2.27. The summed E-state index contributed by atoms with van der Waals surface area (Å²) in [5, 5.41) is 4.80. The van der Waals surface area contributed by atoms with Crippen LogP contribution in [-0.2, 0) is 11.2 Å². The van der Waals surface area contributed by atoms with Gasteiger partial charge in [0.15, 0.2) is 5.76 Å². The normalized spacial score (nSPS) is 14.7. The van der Waals surface area contributed by atoms with E-state index in [1.165, 1.54) is 0 Å². The van der Waals surface area contributed by atoms with E-state index in [0.29, 0.717) is 43.3 Å². The lowest BCUT2D eigenvalue weighted by atomic mass is 10.1. The van der Waals surface area contributed by atoms with E-state index in [1.807, 2.05) is 38.1 Å². The summed E-state index contributed by atoms with van der Waals surface area (Å²) >= 11 is 0. The van der Waals surface area contributed by atoms with E-state index in [4.69, 9.17) is 8.94 Å². The van der Waals surface area contributed by atoms with Gasteiger partial charge in [0.25, 0.3) is 5.91 Å². The van der Waals surface area contributed by atoms with E-state index in [1.54, 1.807) is 15.9 Å². The molecule has 3 heterocycles. The molecule has 2 amide bonds. The van der Waals surface area contributed by atoms with E-state index >= 15 is 0 Å². The minimum Gasteiger partial charge on any atom is -0.451 e. The number of carbonyl (C=O) groups is 2. The lowest BCUT2D eigenvalue weighted by molar-refractivity contribution is -0.131. The van der Waals surface area contributed by atoms with Crippen molar-refractivity contribution in [3.05, 3.63) is 53.1 Å². The third-order valence-corrected chi connectivity index (χ3v) is 5.07. The van der Waals surface area contributed by atoms with Crippen LogP contribution in [0.3, 0.4) is 0 Å². The molecule has 3 aromatic rings. The number of fused-ring (bicyclic) bond motifs is 1. The highest BCUT2D eigenvalue weighted by molar-refractivity contribution is 5.96. The van der Waals surface area contributed by atoms with Crippen molar-refractivity contribution in [1.29, 1.82) is 0 Å². The van der Waals surface area contributed by atoms with E-state index < -0.39 is 0 Å². The van der Waals surface area contributed by atoms with E-state index in [9.17, 15) is 9.59 Å². The Hall–Kier alpha value is -3.09. The summed E-state index contributed by atoms with van der Waals surface area (Å²) in [6.07, 6.45) is 0.276. The van der Waals surface area contributed by atoms with Crippen molar-refractivity contribution >= 4 is 22.8 Å². The number of hydrogen-bond donors (Lipinski definition) is 0. The molecule has 7 heteroatoms. The summed E-state index contributed by atoms with van der Waals surface area (Å²) in [5.74, 6) is 0.913. The number of benzene rings is 1. The predicted molar refractivity (Wildman–Crippen MR) is 98.4 cm³/mol. The number of aromatic nitrogens is 1. The van der Waals surface area contributed by atoms with Gasteiger partial charge in [-0.1, -0.05) is 23.4 Å². The fourth-order valence-corrected chi connectivity index (χ4v) is 3.42. The van der Waals surface area contributed by atoms with Crippen molar-refractivity contribution in [3.8, 4) is 0 Å². The van der Waals surface area contributed by atoms with Gasteiger partial charge in [0.2, 0.25) is 5.91 Å². The number of aryl methyl sites for hydroxylation is 2. The highest BCUT2D eigenvalue weighted by atomic mass is 16.5. The second-order valence-electron chi connectivity index (χ2n) is 6.80. The monoisotopic (exact) mass is 367 g/mol. The van der Waals surface area contributed by atoms with Gasteiger partial charge in [0.1, 0.15) is 11.3 Å². The zero-order valence-corrected chi connectivity index (χ0v) is 15.4. The first-order chi connectivity index (χ1) is 13.0. The van der Waals surface area contributed by atoms with Gasteiger partial charge in [-0.05, 0) is 26.0 Å². The van der Waals surface area contributed by atoms with Crippen LogP contribution in [0.4, 0.5) is 0 Å². The number of hydrogen-bond acceptors (Lipinski definition) is 5. The van der Waals surface area contributed by atoms with Gasteiger partial charge in [-0.2, -0.15) is 0 Å². The Bertz CT molecular complexity index is 943. The molecule has 140 valence electrons. The largest absolute Gasteiger partial charge is 0.451 e. The lowest BCUT2D eigenvalue weighted by Gasteiger charge is -2.34. The van der Waals surface area contributed by atoms with Crippen LogP contribution >= 0.6 is 0 Å². The third kappa shape index (κ3) is 3.32. The Morgan fingerprint density at radius 2 is 1.78 bits per heavy atom. The highest BCUT2D eigenvalue weighted by Crippen LogP contribution is 2.21. The molecule has 1 saturated heterocycles. The second kappa shape index (κ2) is 6.90. The maximum Gasteiger partial charge on any atom is 0.289 e. The summed E-state index contributed by atoms with van der Waals surface area (Å²) < 4.78 is 10.8. The van der Waals surface area contributed by atoms with Gasteiger partial charge in [-0.3, -0.25) is 9.59 Å². The molecule has 0 spiro atoms. The SMILES string of the molecule is Cc1noc(C)c1CC(=O)N1CCN(C(=O)c2cc3ccccc3o2)CC1. The molecule has 1 aromatic carbocycles. The van der Waals surface area contributed by atoms with Gasteiger partial charge in [0.05, 0.1) is 12.1 Å². The molecule has 2 aromatic heterocycles. The molecule has 27 heavy (non-hydrogen) atoms. The molecule has 0 aliphatic carbocycles. The zero-order chi connectivity index (χ0) is 19.0. The van der Waals surface area contributed by atoms with Crippen molar-refractivity contribution in [2.24, 2.45) is 0 Å². The Balaban J connectivity index is 1.38. The Morgan fingerprint density at radius 1 is 1.07 bits per heavy atom. The fraction of sp³-hybridized carbons (Fsp3) is 0.350. The molecule has 0 radical (unpaired) electrons. The Morgan fingerprint density at radius 3 is 2.44 bits per heavy atom. The molecule has 1 fully saturated rings. The molecule has 0 saturated carbocycles. The lowest BCUT2D eigenvalue weighted by Crippen LogP contribution is -2.51. The van der Waals surface area contributed by atoms with Crippen molar-refractivity contribution in [3.63, 3.8) is 0 Å². The first-order valence-corrected chi connectivity index (χ1v) is 9.00. The average Bonchev–Trinajstić information content (AvgIpc) is 3.26. The predicted octanol–water partition coefficient (Wildman–Crippen LogP) is 2.56. The summed E-state index contributed by atoms with van der Waals surface area (Å²) in [6.45, 7) is 5.64. The van der Waals surface area contributed by atoms with E-state index in [0.717, 1.165) is 16.6 Å². The van der Waals surface area contributed by atoms with Crippen LogP contribution in [0.5, 0.6) is 0 Å². The third-order valence-electron chi connectivity index (χ3n) is 5.07. The first kappa shape index (κ1) is 17.3. The molecular weight excluding hydrogens is 346 g/mol. The van der Waals surface area contributed by atoms with Crippen LogP contribution in [0.1, 0.15) is 27.6 Å². The minimum absolute atomic E-state index is 0.0280. The van der Waals surface area contributed by atoms with Crippen molar-refractivity contribution in [1.82, 2.24) is 15.0 Å². The van der Waals surface area contributed by atoms with Crippen LogP contribution < -0.4 is 0 Å². The van der Waals surface area contributed by atoms with Gasteiger partial charge in [-0.25, -0.2) is 0 Å². The number of amides is 2. The van der Waals surface area contributed by atoms with Gasteiger partial charge in [0, 0.05) is 37.1 Å². The second-order valence-corrected chi connectivity index (χ2v) is 6.80. The maximum atomic E-state index is 12.7. The first-order valence-electron chi connectivity index (χ1n) is 9.00. The number of furan rings is 1. The molecule has 0 unspecified atom stereocenters. The van der Waals surface area contributed by atoms with Gasteiger partial charge in [-0.15, -0.1) is 0 Å². The molecule has 7 nitrogen and oxygen atoms in total. The fourth-order valence-electron chi connectivity index (χ4n) is 3.42. The molecule has 0 N–H and O–H groups in total. The summed E-state index contributed by atoms with van der Waals surface area (Å²) in [7, 11) is 0. The number of nitrogens with zero attached hydrogens (tertiary/aromatic N) is 3. The van der Waals surface area contributed by atoms with Crippen molar-refractivity contribution in [2.45, 2.75) is 20.3 Å². The van der Waals surface area contributed by atoms with Crippen molar-refractivity contribution < 1.29 is 18.5 Å². The van der Waals surface area contributed by atoms with Crippen LogP contribution in [-0.4, -0.2) is 52.9 Å². The molecule has 1 aliphatic heterocycles. The quantitative estimate of drug-likeness (QED) is 0.711. The van der Waals surface area contributed by atoms with Gasteiger partial charge >= 0.3 is 0 Å². The topological polar surface area (TPSA) is 79.8 Å². The van der Waals surface area contributed by atoms with Crippen LogP contribution in [0.25, 0.3) is 11.0 Å². The van der Waals surface area contributed by atoms with Crippen molar-refractivity contribution in [2.75, 3.05) is 26.2 Å². The van der Waals surface area contributed by atoms with E-state index in [-0.39, 0.29) is 18.2 Å². The zero-order valence-electron chi connectivity index (χ0n) is 15.4. The molecule has 1 aliphatic rings. The molecule has 4 rings (SSSR count). The van der Waals surface area contributed by atoms with Crippen LogP contribution in [0.2, 0.25) is 0 Å². The minimum atomic E-state index is -0.135.